The molecular weight excluding hydrogens is 375 g/mol. The standard InChI is InChI=1S/C13H11IN2O2S/c14-10-7-15-13(16-8-10)19-11(12(17)18)6-9-4-2-1-3-5-9/h1-5,7-8,11H,6H2,(H,17,18). The van der Waals surface area contributed by atoms with Gasteiger partial charge in [0.2, 0.25) is 0 Å². The fourth-order valence-electron chi connectivity index (χ4n) is 1.50. The van der Waals surface area contributed by atoms with Gasteiger partial charge in [0.25, 0.3) is 0 Å². The highest BCUT2D eigenvalue weighted by Gasteiger charge is 2.20. The van der Waals surface area contributed by atoms with Gasteiger partial charge in [-0.3, -0.25) is 4.79 Å². The van der Waals surface area contributed by atoms with Crippen molar-refractivity contribution in [1.29, 1.82) is 0 Å². The normalized spacial score (nSPS) is 12.1. The molecule has 1 N–H and O–H groups in total. The zero-order valence-electron chi connectivity index (χ0n) is 9.86. The third-order valence-electron chi connectivity index (χ3n) is 2.38. The zero-order valence-corrected chi connectivity index (χ0v) is 12.8. The molecule has 0 aliphatic carbocycles. The van der Waals surface area contributed by atoms with Crippen LogP contribution >= 0.6 is 34.4 Å². The molecule has 0 saturated carbocycles. The number of halogens is 1. The van der Waals surface area contributed by atoms with Gasteiger partial charge in [-0.15, -0.1) is 0 Å². The number of aliphatic carboxylic acids is 1. The molecule has 0 spiro atoms. The lowest BCUT2D eigenvalue weighted by Crippen LogP contribution is -2.19. The number of carbonyl (C=O) groups is 1. The lowest BCUT2D eigenvalue weighted by Gasteiger charge is -2.10. The first-order valence-electron chi connectivity index (χ1n) is 5.56. The largest absolute Gasteiger partial charge is 0.480 e. The summed E-state index contributed by atoms with van der Waals surface area (Å²) in [6, 6.07) is 9.56. The molecule has 4 nitrogen and oxygen atoms in total. The molecule has 19 heavy (non-hydrogen) atoms. The zero-order chi connectivity index (χ0) is 13.7. The van der Waals surface area contributed by atoms with E-state index in [2.05, 4.69) is 32.6 Å². The fourth-order valence-corrected chi connectivity index (χ4v) is 2.63. The topological polar surface area (TPSA) is 63.1 Å². The Morgan fingerprint density at radius 2 is 1.89 bits per heavy atom. The van der Waals surface area contributed by atoms with E-state index < -0.39 is 11.2 Å². The van der Waals surface area contributed by atoms with Crippen molar-refractivity contribution in [2.75, 3.05) is 0 Å². The number of hydrogen-bond acceptors (Lipinski definition) is 4. The molecule has 1 atom stereocenters. The SMILES string of the molecule is O=C(O)C(Cc1ccccc1)Sc1ncc(I)cn1. The van der Waals surface area contributed by atoms with Crippen LogP contribution < -0.4 is 0 Å². The van der Waals surface area contributed by atoms with Crippen molar-refractivity contribution in [2.24, 2.45) is 0 Å². The van der Waals surface area contributed by atoms with Crippen LogP contribution in [-0.4, -0.2) is 26.3 Å². The first-order valence-corrected chi connectivity index (χ1v) is 7.52. The third kappa shape index (κ3) is 4.46. The Bertz CT molecular complexity index is 548. The molecule has 0 radical (unpaired) electrons. The van der Waals surface area contributed by atoms with E-state index in [1.165, 1.54) is 11.8 Å². The lowest BCUT2D eigenvalue weighted by atomic mass is 10.1. The van der Waals surface area contributed by atoms with E-state index in [-0.39, 0.29) is 0 Å². The summed E-state index contributed by atoms with van der Waals surface area (Å²) in [4.78, 5) is 19.5. The molecule has 0 aliphatic rings. The second-order valence-corrected chi connectivity index (χ2v) is 6.23. The quantitative estimate of drug-likeness (QED) is 0.487. The summed E-state index contributed by atoms with van der Waals surface area (Å²) in [6.07, 6.45) is 3.81. The Morgan fingerprint density at radius 1 is 1.26 bits per heavy atom. The van der Waals surface area contributed by atoms with Gasteiger partial charge in [0, 0.05) is 16.0 Å². The van der Waals surface area contributed by atoms with Gasteiger partial charge in [0.15, 0.2) is 5.16 Å². The molecule has 2 aromatic rings. The van der Waals surface area contributed by atoms with Gasteiger partial charge in [-0.05, 0) is 34.6 Å². The maximum absolute atomic E-state index is 11.3. The van der Waals surface area contributed by atoms with Crippen LogP contribution in [0.4, 0.5) is 0 Å². The molecule has 1 heterocycles. The Balaban J connectivity index is 2.08. The van der Waals surface area contributed by atoms with Gasteiger partial charge in [-0.1, -0.05) is 42.1 Å². The first kappa shape index (κ1) is 14.3. The van der Waals surface area contributed by atoms with Crippen molar-refractivity contribution in [1.82, 2.24) is 9.97 Å². The number of nitrogens with zero attached hydrogens (tertiary/aromatic N) is 2. The van der Waals surface area contributed by atoms with E-state index in [4.69, 9.17) is 0 Å². The van der Waals surface area contributed by atoms with Crippen molar-refractivity contribution >= 4 is 40.3 Å². The summed E-state index contributed by atoms with van der Waals surface area (Å²) in [5.74, 6) is -0.851. The van der Waals surface area contributed by atoms with Gasteiger partial charge < -0.3 is 5.11 Å². The number of hydrogen-bond donors (Lipinski definition) is 1. The minimum absolute atomic E-state index is 0.455. The summed E-state index contributed by atoms with van der Waals surface area (Å²) in [5.41, 5.74) is 0.993. The molecule has 0 aliphatic heterocycles. The van der Waals surface area contributed by atoms with Gasteiger partial charge in [-0.2, -0.15) is 0 Å². The van der Waals surface area contributed by atoms with Crippen molar-refractivity contribution < 1.29 is 9.90 Å². The maximum Gasteiger partial charge on any atom is 0.317 e. The summed E-state index contributed by atoms with van der Waals surface area (Å²) in [7, 11) is 0. The molecule has 2 rings (SSSR count). The second kappa shape index (κ2) is 6.85. The molecule has 1 aromatic heterocycles. The van der Waals surface area contributed by atoms with Crippen LogP contribution in [0.2, 0.25) is 0 Å². The molecule has 0 bridgehead atoms. The minimum atomic E-state index is -0.851. The molecule has 0 amide bonds. The molecule has 6 heteroatoms. The average molecular weight is 386 g/mol. The minimum Gasteiger partial charge on any atom is -0.480 e. The number of rotatable bonds is 5. The van der Waals surface area contributed by atoms with Crippen molar-refractivity contribution in [3.63, 3.8) is 0 Å². The van der Waals surface area contributed by atoms with Crippen LogP contribution in [0.1, 0.15) is 5.56 Å². The second-order valence-electron chi connectivity index (χ2n) is 3.82. The van der Waals surface area contributed by atoms with E-state index in [0.717, 1.165) is 9.13 Å². The number of aromatic nitrogens is 2. The van der Waals surface area contributed by atoms with Crippen LogP contribution in [-0.2, 0) is 11.2 Å². The number of carboxylic acids is 1. The van der Waals surface area contributed by atoms with Crippen molar-refractivity contribution in [3.8, 4) is 0 Å². The van der Waals surface area contributed by atoms with Crippen LogP contribution in [0.15, 0.2) is 47.9 Å². The average Bonchev–Trinajstić information content (AvgIpc) is 2.41. The highest BCUT2D eigenvalue weighted by Crippen LogP contribution is 2.23. The Labute approximate surface area is 128 Å². The van der Waals surface area contributed by atoms with Gasteiger partial charge >= 0.3 is 5.97 Å². The van der Waals surface area contributed by atoms with Crippen LogP contribution in [0.25, 0.3) is 0 Å². The highest BCUT2D eigenvalue weighted by molar-refractivity contribution is 14.1. The smallest absolute Gasteiger partial charge is 0.317 e. The fraction of sp³-hybridized carbons (Fsp3) is 0.154. The van der Waals surface area contributed by atoms with E-state index in [1.54, 1.807) is 12.4 Å². The van der Waals surface area contributed by atoms with Crippen LogP contribution in [0.5, 0.6) is 0 Å². The maximum atomic E-state index is 11.3. The Morgan fingerprint density at radius 3 is 2.47 bits per heavy atom. The molecule has 1 unspecified atom stereocenters. The van der Waals surface area contributed by atoms with E-state index >= 15 is 0 Å². The summed E-state index contributed by atoms with van der Waals surface area (Å²) in [5, 5.41) is 9.18. The summed E-state index contributed by atoms with van der Waals surface area (Å²) >= 11 is 3.29. The highest BCUT2D eigenvalue weighted by atomic mass is 127. The van der Waals surface area contributed by atoms with Gasteiger partial charge in [-0.25, -0.2) is 9.97 Å². The first-order chi connectivity index (χ1) is 9.15. The van der Waals surface area contributed by atoms with Crippen LogP contribution in [0.3, 0.4) is 0 Å². The molecule has 98 valence electrons. The number of benzene rings is 1. The number of thioether (sulfide) groups is 1. The Hall–Kier alpha value is -1.15. The van der Waals surface area contributed by atoms with Crippen molar-refractivity contribution in [3.05, 3.63) is 51.9 Å². The Kier molecular flexibility index (Phi) is 5.15. The molecule has 0 saturated heterocycles. The molecule has 1 aromatic carbocycles. The van der Waals surface area contributed by atoms with E-state index in [0.29, 0.717) is 11.6 Å². The van der Waals surface area contributed by atoms with E-state index in [9.17, 15) is 9.90 Å². The summed E-state index contributed by atoms with van der Waals surface area (Å²) in [6.45, 7) is 0. The van der Waals surface area contributed by atoms with Gasteiger partial charge in [0.05, 0.1) is 0 Å². The van der Waals surface area contributed by atoms with Crippen LogP contribution in [0, 0.1) is 3.57 Å². The monoisotopic (exact) mass is 386 g/mol. The molecule has 0 fully saturated rings. The van der Waals surface area contributed by atoms with Gasteiger partial charge in [0.1, 0.15) is 5.25 Å². The predicted molar refractivity (Wildman–Crippen MR) is 82.2 cm³/mol. The number of carboxylic acid groups (broad SMARTS) is 1. The third-order valence-corrected chi connectivity index (χ3v) is 4.02. The predicted octanol–water partition coefficient (Wildman–Crippen LogP) is 2.87. The van der Waals surface area contributed by atoms with E-state index in [1.807, 2.05) is 30.3 Å². The molecular formula is C13H11IN2O2S. The summed E-state index contributed by atoms with van der Waals surface area (Å²) < 4.78 is 0.928. The van der Waals surface area contributed by atoms with Crippen molar-refractivity contribution in [2.45, 2.75) is 16.8 Å². The lowest BCUT2D eigenvalue weighted by molar-refractivity contribution is -0.136.